The maximum Gasteiger partial charge on any atom is 0.276 e. The maximum absolute atomic E-state index is 13.1. The van der Waals surface area contributed by atoms with Crippen molar-refractivity contribution in [3.63, 3.8) is 0 Å². The molecule has 134 valence electrons. The van der Waals surface area contributed by atoms with Crippen molar-refractivity contribution >= 4 is 11.6 Å². The number of hydrogen-bond acceptors (Lipinski definition) is 2. The molecule has 0 atom stereocenters. The van der Waals surface area contributed by atoms with Crippen molar-refractivity contribution in [1.82, 2.24) is 9.55 Å². The second-order valence-corrected chi connectivity index (χ2v) is 7.64. The molecule has 1 aromatic carbocycles. The number of fused-ring (bicyclic) bond motifs is 1. The number of carbonyl (C=O) groups excluding carboxylic acids is 1. The molecule has 4 nitrogen and oxygen atoms in total. The molecule has 1 aromatic heterocycles. The lowest BCUT2D eigenvalue weighted by atomic mass is 9.92. The summed E-state index contributed by atoms with van der Waals surface area (Å²) in [6, 6.07) is 6.31. The Bertz CT molecular complexity index is 760. The Hall–Kier alpha value is -2.10. The van der Waals surface area contributed by atoms with E-state index in [0.717, 1.165) is 36.6 Å². The molecular weight excluding hydrogens is 310 g/mol. The summed E-state index contributed by atoms with van der Waals surface area (Å²) in [5.41, 5.74) is 5.03. The van der Waals surface area contributed by atoms with Gasteiger partial charge in [-0.05, 0) is 49.1 Å². The van der Waals surface area contributed by atoms with Crippen LogP contribution in [0.4, 0.5) is 5.69 Å². The second-order valence-electron chi connectivity index (χ2n) is 7.64. The van der Waals surface area contributed by atoms with Gasteiger partial charge in [-0.3, -0.25) is 4.79 Å². The Morgan fingerprint density at radius 1 is 1.12 bits per heavy atom. The van der Waals surface area contributed by atoms with Gasteiger partial charge in [0.1, 0.15) is 11.5 Å². The van der Waals surface area contributed by atoms with Crippen LogP contribution in [0.5, 0.6) is 0 Å². The van der Waals surface area contributed by atoms with Crippen molar-refractivity contribution in [2.24, 2.45) is 0 Å². The molecule has 2 heterocycles. The molecule has 1 aliphatic heterocycles. The summed E-state index contributed by atoms with van der Waals surface area (Å²) in [5, 5.41) is 3.21. The average molecular weight is 339 g/mol. The van der Waals surface area contributed by atoms with E-state index in [1.54, 1.807) is 0 Å². The highest BCUT2D eigenvalue weighted by Crippen LogP contribution is 2.33. The number of hydrogen-bond donors (Lipinski definition) is 1. The smallest absolute Gasteiger partial charge is 0.276 e. The van der Waals surface area contributed by atoms with Crippen molar-refractivity contribution in [3.05, 3.63) is 46.5 Å². The molecule has 0 unspecified atom stereocenters. The van der Waals surface area contributed by atoms with Gasteiger partial charge >= 0.3 is 0 Å². The fourth-order valence-corrected chi connectivity index (χ4v) is 3.77. The molecule has 0 saturated heterocycles. The highest BCUT2D eigenvalue weighted by Gasteiger charge is 2.24. The summed E-state index contributed by atoms with van der Waals surface area (Å²) in [7, 11) is 0. The van der Waals surface area contributed by atoms with Gasteiger partial charge in [0.2, 0.25) is 0 Å². The minimum absolute atomic E-state index is 0.0752. The first-order chi connectivity index (χ1) is 11.9. The molecule has 0 aliphatic carbocycles. The zero-order valence-corrected chi connectivity index (χ0v) is 16.0. The Labute approximate surface area is 150 Å². The first-order valence-corrected chi connectivity index (χ1v) is 9.40. The molecule has 0 saturated carbocycles. The van der Waals surface area contributed by atoms with Crippen molar-refractivity contribution in [3.8, 4) is 0 Å². The first kappa shape index (κ1) is 17.7. The zero-order chi connectivity index (χ0) is 18.1. The SMILES string of the molecule is Cc1nc(C(=O)Nc2c(C(C)C)cccc2C(C)C)c2n1CCCC2. The number of carbonyl (C=O) groups is 1. The lowest BCUT2D eigenvalue weighted by Gasteiger charge is -2.20. The molecule has 1 aliphatic rings. The van der Waals surface area contributed by atoms with Crippen LogP contribution in [-0.4, -0.2) is 15.5 Å². The number of nitrogens with zero attached hydrogens (tertiary/aromatic N) is 2. The van der Waals surface area contributed by atoms with E-state index in [-0.39, 0.29) is 5.91 Å². The van der Waals surface area contributed by atoms with Crippen molar-refractivity contribution in [2.45, 2.75) is 72.3 Å². The van der Waals surface area contributed by atoms with Crippen LogP contribution in [0.15, 0.2) is 18.2 Å². The van der Waals surface area contributed by atoms with Crippen LogP contribution in [-0.2, 0) is 13.0 Å². The average Bonchev–Trinajstić information content (AvgIpc) is 2.92. The van der Waals surface area contributed by atoms with Gasteiger partial charge in [0.05, 0.1) is 5.69 Å². The zero-order valence-electron chi connectivity index (χ0n) is 16.0. The molecule has 4 heteroatoms. The molecular formula is C21H29N3O. The van der Waals surface area contributed by atoms with Crippen LogP contribution in [0.2, 0.25) is 0 Å². The Balaban J connectivity index is 1.99. The van der Waals surface area contributed by atoms with E-state index < -0.39 is 0 Å². The van der Waals surface area contributed by atoms with E-state index in [4.69, 9.17) is 0 Å². The predicted molar refractivity (Wildman–Crippen MR) is 102 cm³/mol. The summed E-state index contributed by atoms with van der Waals surface area (Å²) in [4.78, 5) is 17.7. The molecule has 0 fully saturated rings. The minimum atomic E-state index is -0.0752. The minimum Gasteiger partial charge on any atom is -0.331 e. The molecule has 0 spiro atoms. The number of rotatable bonds is 4. The summed E-state index contributed by atoms with van der Waals surface area (Å²) in [6.45, 7) is 11.6. The van der Waals surface area contributed by atoms with Crippen LogP contribution in [0.1, 0.15) is 85.5 Å². The third kappa shape index (κ3) is 3.35. The number of aromatic nitrogens is 2. The van der Waals surface area contributed by atoms with E-state index in [2.05, 4.69) is 60.8 Å². The van der Waals surface area contributed by atoms with Crippen molar-refractivity contribution in [1.29, 1.82) is 0 Å². The molecule has 1 N–H and O–H groups in total. The first-order valence-electron chi connectivity index (χ1n) is 9.40. The number of imidazole rings is 1. The van der Waals surface area contributed by atoms with Crippen LogP contribution in [0, 0.1) is 6.92 Å². The normalized spacial score (nSPS) is 14.0. The van der Waals surface area contributed by atoms with E-state index in [1.807, 2.05) is 6.92 Å². The van der Waals surface area contributed by atoms with Crippen LogP contribution >= 0.6 is 0 Å². The van der Waals surface area contributed by atoms with Crippen LogP contribution in [0.25, 0.3) is 0 Å². The van der Waals surface area contributed by atoms with Crippen LogP contribution < -0.4 is 5.32 Å². The Morgan fingerprint density at radius 2 is 1.76 bits per heavy atom. The number of aryl methyl sites for hydroxylation is 1. The number of benzene rings is 1. The summed E-state index contributed by atoms with van der Waals surface area (Å²) in [5.74, 6) is 1.58. The highest BCUT2D eigenvalue weighted by atomic mass is 16.1. The van der Waals surface area contributed by atoms with E-state index >= 15 is 0 Å². The van der Waals surface area contributed by atoms with Gasteiger partial charge in [0.15, 0.2) is 0 Å². The number of nitrogens with one attached hydrogen (secondary N) is 1. The van der Waals surface area contributed by atoms with E-state index in [1.165, 1.54) is 17.5 Å². The van der Waals surface area contributed by atoms with Gasteiger partial charge < -0.3 is 9.88 Å². The number of para-hydroxylation sites is 1. The molecule has 2 aromatic rings. The molecule has 25 heavy (non-hydrogen) atoms. The number of anilines is 1. The van der Waals surface area contributed by atoms with Crippen LogP contribution in [0.3, 0.4) is 0 Å². The van der Waals surface area contributed by atoms with E-state index in [0.29, 0.717) is 17.5 Å². The largest absolute Gasteiger partial charge is 0.331 e. The topological polar surface area (TPSA) is 46.9 Å². The third-order valence-electron chi connectivity index (χ3n) is 5.14. The monoisotopic (exact) mass is 339 g/mol. The molecule has 0 bridgehead atoms. The van der Waals surface area contributed by atoms with E-state index in [9.17, 15) is 4.79 Å². The highest BCUT2D eigenvalue weighted by molar-refractivity contribution is 6.04. The maximum atomic E-state index is 13.1. The van der Waals surface area contributed by atoms with Gasteiger partial charge in [-0.1, -0.05) is 45.9 Å². The molecule has 0 radical (unpaired) electrons. The lowest BCUT2D eigenvalue weighted by molar-refractivity contribution is 0.102. The van der Waals surface area contributed by atoms with Crippen molar-refractivity contribution in [2.75, 3.05) is 5.32 Å². The predicted octanol–water partition coefficient (Wildman–Crippen LogP) is 5.03. The van der Waals surface area contributed by atoms with Gasteiger partial charge in [-0.2, -0.15) is 0 Å². The number of amides is 1. The molecule has 3 rings (SSSR count). The standard InChI is InChI=1S/C21H29N3O/c1-13(2)16-9-8-10-17(14(3)4)19(16)23-21(25)20-18-11-6-7-12-24(18)15(5)22-20/h8-10,13-14H,6-7,11-12H2,1-5H3,(H,23,25). The second kappa shape index (κ2) is 7.03. The van der Waals surface area contributed by atoms with Gasteiger partial charge in [-0.25, -0.2) is 4.98 Å². The molecule has 1 amide bonds. The Kier molecular flexibility index (Phi) is 4.98. The summed E-state index contributed by atoms with van der Waals surface area (Å²) < 4.78 is 2.20. The Morgan fingerprint density at radius 3 is 2.36 bits per heavy atom. The summed E-state index contributed by atoms with van der Waals surface area (Å²) >= 11 is 0. The third-order valence-corrected chi connectivity index (χ3v) is 5.14. The summed E-state index contributed by atoms with van der Waals surface area (Å²) in [6.07, 6.45) is 3.23. The van der Waals surface area contributed by atoms with Gasteiger partial charge in [0, 0.05) is 12.2 Å². The fourth-order valence-electron chi connectivity index (χ4n) is 3.77. The lowest BCUT2D eigenvalue weighted by Crippen LogP contribution is -2.19. The van der Waals surface area contributed by atoms with Gasteiger partial charge in [0.25, 0.3) is 5.91 Å². The quantitative estimate of drug-likeness (QED) is 0.849. The van der Waals surface area contributed by atoms with Crippen molar-refractivity contribution < 1.29 is 4.79 Å². The fraction of sp³-hybridized carbons (Fsp3) is 0.524. The van der Waals surface area contributed by atoms with Gasteiger partial charge in [-0.15, -0.1) is 0 Å².